The van der Waals surface area contributed by atoms with E-state index in [9.17, 15) is 9.59 Å². The van der Waals surface area contributed by atoms with Gasteiger partial charge in [0, 0.05) is 32.7 Å². The molecule has 2 amide bonds. The van der Waals surface area contributed by atoms with Gasteiger partial charge in [-0.05, 0) is 50.9 Å². The lowest BCUT2D eigenvalue weighted by molar-refractivity contribution is 0.0678. The van der Waals surface area contributed by atoms with Gasteiger partial charge in [-0.1, -0.05) is 6.92 Å². The smallest absolute Gasteiger partial charge is 0.289 e. The van der Waals surface area contributed by atoms with Crippen molar-refractivity contribution in [3.63, 3.8) is 0 Å². The number of amides is 2. The second-order valence-corrected chi connectivity index (χ2v) is 7.81. The number of carbonyl (C=O) groups is 2. The first-order valence-corrected chi connectivity index (χ1v) is 9.83. The Hall–Kier alpha value is -1.85. The van der Waals surface area contributed by atoms with Crippen LogP contribution in [0.2, 0.25) is 0 Å². The minimum absolute atomic E-state index is 0.00974. The van der Waals surface area contributed by atoms with Gasteiger partial charge in [0.2, 0.25) is 0 Å². The Kier molecular flexibility index (Phi) is 4.52. The lowest BCUT2D eigenvalue weighted by atomic mass is 9.99. The van der Waals surface area contributed by atoms with Gasteiger partial charge in [0.15, 0.2) is 5.82 Å². The van der Waals surface area contributed by atoms with Crippen molar-refractivity contribution in [2.75, 3.05) is 26.2 Å². The largest absolute Gasteiger partial charge is 0.337 e. The number of nitrogens with zero attached hydrogens (tertiary/aromatic N) is 4. The molecule has 0 bridgehead atoms. The van der Waals surface area contributed by atoms with Crippen molar-refractivity contribution >= 4 is 11.8 Å². The van der Waals surface area contributed by atoms with Crippen LogP contribution in [0.3, 0.4) is 0 Å². The Bertz CT molecular complexity index is 667. The number of hydrogen-bond acceptors (Lipinski definition) is 3. The van der Waals surface area contributed by atoms with Gasteiger partial charge in [-0.2, -0.15) is 0 Å². The molecule has 0 aromatic carbocycles. The minimum Gasteiger partial charge on any atom is -0.337 e. The molecular formula is C19H28N4O2. The third-order valence-electron chi connectivity index (χ3n) is 5.98. The highest BCUT2D eigenvalue weighted by Crippen LogP contribution is 2.25. The van der Waals surface area contributed by atoms with Crippen molar-refractivity contribution in [2.24, 2.45) is 5.92 Å². The van der Waals surface area contributed by atoms with Crippen molar-refractivity contribution < 1.29 is 9.59 Å². The van der Waals surface area contributed by atoms with Crippen LogP contribution < -0.4 is 0 Å². The maximum atomic E-state index is 13.1. The molecule has 4 rings (SSSR count). The molecular weight excluding hydrogens is 316 g/mol. The molecule has 0 spiro atoms. The molecule has 1 aromatic rings. The molecule has 3 aliphatic rings. The van der Waals surface area contributed by atoms with Gasteiger partial charge in [0.25, 0.3) is 11.8 Å². The quantitative estimate of drug-likeness (QED) is 0.827. The highest BCUT2D eigenvalue weighted by atomic mass is 16.2. The van der Waals surface area contributed by atoms with Crippen LogP contribution in [0, 0.1) is 5.92 Å². The Morgan fingerprint density at radius 1 is 0.880 bits per heavy atom. The average Bonchev–Trinajstić information content (AvgIpc) is 3.29. The summed E-state index contributed by atoms with van der Waals surface area (Å²) in [5.41, 5.74) is 1.52. The summed E-state index contributed by atoms with van der Waals surface area (Å²) in [6, 6.07) is 0. The van der Waals surface area contributed by atoms with Crippen molar-refractivity contribution in [1.82, 2.24) is 19.4 Å². The van der Waals surface area contributed by atoms with E-state index in [0.29, 0.717) is 17.4 Å². The summed E-state index contributed by atoms with van der Waals surface area (Å²) in [4.78, 5) is 34.4. The Labute approximate surface area is 149 Å². The average molecular weight is 344 g/mol. The number of imidazole rings is 1. The number of likely N-dealkylation sites (tertiary alicyclic amines) is 2. The fourth-order valence-electron chi connectivity index (χ4n) is 4.30. The molecule has 0 saturated carbocycles. The number of hydrogen-bond donors (Lipinski definition) is 0. The van der Waals surface area contributed by atoms with E-state index in [4.69, 9.17) is 0 Å². The van der Waals surface area contributed by atoms with Gasteiger partial charge in [-0.3, -0.25) is 9.59 Å². The van der Waals surface area contributed by atoms with Crippen LogP contribution >= 0.6 is 0 Å². The van der Waals surface area contributed by atoms with Gasteiger partial charge < -0.3 is 14.4 Å². The molecule has 25 heavy (non-hydrogen) atoms. The van der Waals surface area contributed by atoms with Crippen LogP contribution in [0.25, 0.3) is 0 Å². The van der Waals surface area contributed by atoms with E-state index >= 15 is 0 Å². The number of rotatable bonds is 2. The standard InChI is InChI=1S/C19H28N4O2/c1-14-7-12-22(13-8-14)19(25)17-20-16(15-6-2-3-11-23(15)17)18(24)21-9-4-5-10-21/h14H,2-13H2,1H3. The zero-order valence-electron chi connectivity index (χ0n) is 15.2. The first-order chi connectivity index (χ1) is 12.1. The molecule has 6 nitrogen and oxygen atoms in total. The summed E-state index contributed by atoms with van der Waals surface area (Å²) >= 11 is 0. The van der Waals surface area contributed by atoms with Crippen molar-refractivity contribution in [3.05, 3.63) is 17.2 Å². The zero-order chi connectivity index (χ0) is 17.4. The maximum Gasteiger partial charge on any atom is 0.289 e. The van der Waals surface area contributed by atoms with Gasteiger partial charge in [0.05, 0.1) is 5.69 Å². The predicted octanol–water partition coefficient (Wildman–Crippen LogP) is 2.33. The van der Waals surface area contributed by atoms with Crippen molar-refractivity contribution in [3.8, 4) is 0 Å². The Morgan fingerprint density at radius 2 is 1.52 bits per heavy atom. The number of fused-ring (bicyclic) bond motifs is 1. The second-order valence-electron chi connectivity index (χ2n) is 7.81. The number of piperidine rings is 1. The van der Waals surface area contributed by atoms with E-state index in [1.54, 1.807) is 0 Å². The highest BCUT2D eigenvalue weighted by molar-refractivity contribution is 5.97. The first-order valence-electron chi connectivity index (χ1n) is 9.83. The molecule has 6 heteroatoms. The maximum absolute atomic E-state index is 13.1. The molecule has 0 atom stereocenters. The molecule has 0 aliphatic carbocycles. The van der Waals surface area contributed by atoms with Crippen LogP contribution in [-0.2, 0) is 13.0 Å². The van der Waals surface area contributed by atoms with Crippen LogP contribution in [0.5, 0.6) is 0 Å². The van der Waals surface area contributed by atoms with Gasteiger partial charge >= 0.3 is 0 Å². The normalized spacial score (nSPS) is 21.5. The number of aromatic nitrogens is 2. The molecule has 0 unspecified atom stereocenters. The molecule has 136 valence electrons. The minimum atomic E-state index is 0.00974. The highest BCUT2D eigenvalue weighted by Gasteiger charge is 2.33. The Balaban J connectivity index is 1.63. The molecule has 0 radical (unpaired) electrons. The molecule has 0 N–H and O–H groups in total. The molecule has 3 aliphatic heterocycles. The lowest BCUT2D eigenvalue weighted by Gasteiger charge is -2.30. The summed E-state index contributed by atoms with van der Waals surface area (Å²) in [6.07, 6.45) is 7.22. The van der Waals surface area contributed by atoms with Crippen molar-refractivity contribution in [1.29, 1.82) is 0 Å². The molecule has 1 aromatic heterocycles. The van der Waals surface area contributed by atoms with E-state index in [2.05, 4.69) is 11.9 Å². The third-order valence-corrected chi connectivity index (χ3v) is 5.98. The topological polar surface area (TPSA) is 58.4 Å². The van der Waals surface area contributed by atoms with E-state index in [-0.39, 0.29) is 11.8 Å². The van der Waals surface area contributed by atoms with Gasteiger partial charge in [-0.15, -0.1) is 0 Å². The van der Waals surface area contributed by atoms with Gasteiger partial charge in [0.1, 0.15) is 5.69 Å². The van der Waals surface area contributed by atoms with Crippen LogP contribution in [-0.4, -0.2) is 57.3 Å². The third kappa shape index (κ3) is 3.07. The predicted molar refractivity (Wildman–Crippen MR) is 94.6 cm³/mol. The van der Waals surface area contributed by atoms with E-state index < -0.39 is 0 Å². The van der Waals surface area contributed by atoms with Crippen molar-refractivity contribution in [2.45, 2.75) is 58.4 Å². The fraction of sp³-hybridized carbons (Fsp3) is 0.737. The molecule has 4 heterocycles. The first kappa shape index (κ1) is 16.6. The summed E-state index contributed by atoms with van der Waals surface area (Å²) in [7, 11) is 0. The van der Waals surface area contributed by atoms with Crippen LogP contribution in [0.1, 0.15) is 72.3 Å². The summed E-state index contributed by atoms with van der Waals surface area (Å²) < 4.78 is 2.03. The second kappa shape index (κ2) is 6.81. The lowest BCUT2D eigenvalue weighted by Crippen LogP contribution is -2.39. The zero-order valence-corrected chi connectivity index (χ0v) is 15.2. The summed E-state index contributed by atoms with van der Waals surface area (Å²) in [5, 5.41) is 0. The SMILES string of the molecule is CC1CCN(C(=O)c2nc(C(=O)N3CCCC3)c3n2CCCC3)CC1. The number of carbonyl (C=O) groups excluding carboxylic acids is 2. The summed E-state index contributed by atoms with van der Waals surface area (Å²) in [5.74, 6) is 1.21. The van der Waals surface area contributed by atoms with Crippen LogP contribution in [0.15, 0.2) is 0 Å². The van der Waals surface area contributed by atoms with E-state index in [0.717, 1.165) is 83.4 Å². The Morgan fingerprint density at radius 3 is 2.24 bits per heavy atom. The molecule has 2 fully saturated rings. The monoisotopic (exact) mass is 344 g/mol. The van der Waals surface area contributed by atoms with Gasteiger partial charge in [-0.25, -0.2) is 4.98 Å². The summed E-state index contributed by atoms with van der Waals surface area (Å²) in [6.45, 7) is 6.29. The van der Waals surface area contributed by atoms with E-state index in [1.165, 1.54) is 0 Å². The molecule has 2 saturated heterocycles. The fourth-order valence-corrected chi connectivity index (χ4v) is 4.30. The van der Waals surface area contributed by atoms with E-state index in [1.807, 2.05) is 14.4 Å². The van der Waals surface area contributed by atoms with Crippen LogP contribution in [0.4, 0.5) is 0 Å².